The molecule has 2 heterocycles. The van der Waals surface area contributed by atoms with Crippen LogP contribution in [0.1, 0.15) is 6.92 Å². The standard InChI is InChI=1S/C5H10B2O4/c1-5-4-10-7(11-5)6-8-2-3-9-6/h5H,2-4H2,1H3. The quantitative estimate of drug-likeness (QED) is 0.480. The summed E-state index contributed by atoms with van der Waals surface area (Å²) >= 11 is 0. The molecule has 0 aliphatic carbocycles. The summed E-state index contributed by atoms with van der Waals surface area (Å²) in [6.07, 6.45) is 0.160. The van der Waals surface area contributed by atoms with Gasteiger partial charge in [0.2, 0.25) is 0 Å². The minimum absolute atomic E-state index is 0.160. The second kappa shape index (κ2) is 3.15. The van der Waals surface area contributed by atoms with E-state index in [1.54, 1.807) is 0 Å². The lowest BCUT2D eigenvalue weighted by atomic mass is 9.49. The molecule has 2 aliphatic heterocycles. The molecule has 0 spiro atoms. The Balaban J connectivity index is 1.85. The van der Waals surface area contributed by atoms with Crippen molar-refractivity contribution in [3.8, 4) is 0 Å². The highest BCUT2D eigenvalue weighted by Crippen LogP contribution is 2.13. The summed E-state index contributed by atoms with van der Waals surface area (Å²) in [4.78, 5) is 0. The van der Waals surface area contributed by atoms with Gasteiger partial charge in [-0.1, -0.05) is 0 Å². The van der Waals surface area contributed by atoms with Gasteiger partial charge < -0.3 is 18.6 Å². The first kappa shape index (κ1) is 7.61. The van der Waals surface area contributed by atoms with Crippen LogP contribution >= 0.6 is 0 Å². The minimum Gasteiger partial charge on any atom is -0.411 e. The molecular weight excluding hydrogens is 146 g/mol. The predicted molar refractivity (Wildman–Crippen MR) is 39.9 cm³/mol. The van der Waals surface area contributed by atoms with Crippen LogP contribution in [0.15, 0.2) is 0 Å². The van der Waals surface area contributed by atoms with Crippen molar-refractivity contribution in [2.24, 2.45) is 0 Å². The molecule has 0 amide bonds. The zero-order valence-corrected chi connectivity index (χ0v) is 6.49. The van der Waals surface area contributed by atoms with Gasteiger partial charge in [-0.05, 0) is 6.92 Å². The van der Waals surface area contributed by atoms with Crippen molar-refractivity contribution in [2.75, 3.05) is 19.8 Å². The Bertz CT molecular complexity index is 138. The summed E-state index contributed by atoms with van der Waals surface area (Å²) in [5.41, 5.74) is 0. The fourth-order valence-electron chi connectivity index (χ4n) is 1.21. The van der Waals surface area contributed by atoms with Crippen LogP contribution in [0.2, 0.25) is 0 Å². The van der Waals surface area contributed by atoms with Crippen LogP contribution in [0.4, 0.5) is 0 Å². The Morgan fingerprint density at radius 1 is 1.09 bits per heavy atom. The Labute approximate surface area is 66.4 Å². The third-order valence-corrected chi connectivity index (χ3v) is 1.73. The summed E-state index contributed by atoms with van der Waals surface area (Å²) in [6, 6.07) is 0. The van der Waals surface area contributed by atoms with Crippen LogP contribution in [0.3, 0.4) is 0 Å². The van der Waals surface area contributed by atoms with Crippen LogP contribution in [0, 0.1) is 0 Å². The van der Waals surface area contributed by atoms with Gasteiger partial charge in [-0.2, -0.15) is 0 Å². The van der Waals surface area contributed by atoms with Gasteiger partial charge in [-0.15, -0.1) is 0 Å². The fraction of sp³-hybridized carbons (Fsp3) is 1.00. The molecule has 0 aromatic rings. The third-order valence-electron chi connectivity index (χ3n) is 1.73. The van der Waals surface area contributed by atoms with Gasteiger partial charge in [0.25, 0.3) is 0 Å². The summed E-state index contributed by atoms with van der Waals surface area (Å²) in [5, 5.41) is 0. The van der Waals surface area contributed by atoms with Crippen molar-refractivity contribution < 1.29 is 18.6 Å². The number of rotatable bonds is 1. The monoisotopic (exact) mass is 156 g/mol. The molecule has 2 saturated heterocycles. The predicted octanol–water partition coefficient (Wildman–Crippen LogP) is -0.477. The molecule has 0 aromatic heterocycles. The highest BCUT2D eigenvalue weighted by atomic mass is 16.7. The van der Waals surface area contributed by atoms with E-state index in [-0.39, 0.29) is 20.1 Å². The zero-order valence-electron chi connectivity index (χ0n) is 6.49. The lowest BCUT2D eigenvalue weighted by Crippen LogP contribution is -2.39. The first-order valence-electron chi connectivity index (χ1n) is 3.86. The Kier molecular flexibility index (Phi) is 2.18. The normalized spacial score (nSPS) is 31.9. The van der Waals surface area contributed by atoms with Crippen molar-refractivity contribution in [3.05, 3.63) is 0 Å². The van der Waals surface area contributed by atoms with E-state index in [1.807, 2.05) is 6.92 Å². The topological polar surface area (TPSA) is 36.9 Å². The maximum absolute atomic E-state index is 5.37. The smallest absolute Gasteiger partial charge is 0.411 e. The largest absolute Gasteiger partial charge is 0.488 e. The SMILES string of the molecule is CC1COB(B2OCCO2)O1. The molecule has 60 valence electrons. The maximum Gasteiger partial charge on any atom is 0.488 e. The summed E-state index contributed by atoms with van der Waals surface area (Å²) < 4.78 is 21.1. The van der Waals surface area contributed by atoms with Crippen molar-refractivity contribution in [2.45, 2.75) is 13.0 Å². The van der Waals surface area contributed by atoms with Gasteiger partial charge in [0, 0.05) is 0 Å². The second-order valence-electron chi connectivity index (χ2n) is 2.76. The van der Waals surface area contributed by atoms with Crippen LogP contribution < -0.4 is 0 Å². The molecule has 0 saturated carbocycles. The van der Waals surface area contributed by atoms with E-state index in [2.05, 4.69) is 0 Å². The minimum atomic E-state index is -0.313. The van der Waals surface area contributed by atoms with Gasteiger partial charge in [-0.3, -0.25) is 0 Å². The first-order chi connectivity index (χ1) is 5.36. The molecule has 1 atom stereocenters. The molecule has 0 radical (unpaired) electrons. The van der Waals surface area contributed by atoms with Crippen LogP contribution in [0.5, 0.6) is 0 Å². The van der Waals surface area contributed by atoms with Gasteiger partial charge in [-0.25, -0.2) is 0 Å². The highest BCUT2D eigenvalue weighted by Gasteiger charge is 2.46. The molecule has 6 heteroatoms. The molecule has 4 nitrogen and oxygen atoms in total. The van der Waals surface area contributed by atoms with Crippen LogP contribution in [0.25, 0.3) is 0 Å². The van der Waals surface area contributed by atoms with E-state index in [0.29, 0.717) is 19.8 Å². The van der Waals surface area contributed by atoms with Gasteiger partial charge >= 0.3 is 14.0 Å². The van der Waals surface area contributed by atoms with Gasteiger partial charge in [0.15, 0.2) is 0 Å². The van der Waals surface area contributed by atoms with Gasteiger partial charge in [0.05, 0.1) is 25.9 Å². The number of hydrogen-bond acceptors (Lipinski definition) is 4. The molecule has 0 aromatic carbocycles. The molecule has 0 bridgehead atoms. The summed E-state index contributed by atoms with van der Waals surface area (Å²) in [7, 11) is -0.618. The molecule has 2 aliphatic rings. The van der Waals surface area contributed by atoms with E-state index in [0.717, 1.165) is 0 Å². The molecule has 11 heavy (non-hydrogen) atoms. The maximum atomic E-state index is 5.37. The van der Waals surface area contributed by atoms with Crippen molar-refractivity contribution in [1.29, 1.82) is 0 Å². The van der Waals surface area contributed by atoms with Crippen molar-refractivity contribution in [1.82, 2.24) is 0 Å². The lowest BCUT2D eigenvalue weighted by Gasteiger charge is -2.06. The van der Waals surface area contributed by atoms with Crippen LogP contribution in [-0.4, -0.2) is 39.9 Å². The fourth-order valence-corrected chi connectivity index (χ4v) is 1.21. The van der Waals surface area contributed by atoms with E-state index < -0.39 is 0 Å². The average Bonchev–Trinajstić information content (AvgIpc) is 2.55. The Hall–Kier alpha value is -0.0301. The van der Waals surface area contributed by atoms with E-state index in [4.69, 9.17) is 18.6 Å². The van der Waals surface area contributed by atoms with Gasteiger partial charge in [0.1, 0.15) is 0 Å². The average molecular weight is 156 g/mol. The molecular formula is C5H10B2O4. The molecule has 2 rings (SSSR count). The summed E-state index contributed by atoms with van der Waals surface area (Å²) in [5.74, 6) is 0. The molecule has 2 fully saturated rings. The van der Waals surface area contributed by atoms with E-state index >= 15 is 0 Å². The van der Waals surface area contributed by atoms with E-state index in [1.165, 1.54) is 0 Å². The lowest BCUT2D eigenvalue weighted by molar-refractivity contribution is 0.256. The Morgan fingerprint density at radius 2 is 1.82 bits per heavy atom. The van der Waals surface area contributed by atoms with Crippen molar-refractivity contribution in [3.63, 3.8) is 0 Å². The molecule has 1 unspecified atom stereocenters. The zero-order chi connectivity index (χ0) is 7.68. The highest BCUT2D eigenvalue weighted by molar-refractivity contribution is 7.11. The Morgan fingerprint density at radius 3 is 2.36 bits per heavy atom. The third kappa shape index (κ3) is 1.59. The second-order valence-corrected chi connectivity index (χ2v) is 2.76. The first-order valence-corrected chi connectivity index (χ1v) is 3.86. The molecule has 0 N–H and O–H groups in total. The van der Waals surface area contributed by atoms with Crippen molar-refractivity contribution >= 4 is 14.0 Å². The van der Waals surface area contributed by atoms with E-state index in [9.17, 15) is 0 Å². The summed E-state index contributed by atoms with van der Waals surface area (Å²) in [6.45, 7) is 3.88. The number of hydrogen-bond donors (Lipinski definition) is 0. The van der Waals surface area contributed by atoms with Crippen LogP contribution in [-0.2, 0) is 18.6 Å².